The molecule has 1 aliphatic heterocycles. The summed E-state index contributed by atoms with van der Waals surface area (Å²) in [6.07, 6.45) is 4.78. The quantitative estimate of drug-likeness (QED) is 0.556. The van der Waals surface area contributed by atoms with Gasteiger partial charge in [0.1, 0.15) is 0 Å². The van der Waals surface area contributed by atoms with Crippen LogP contribution >= 0.6 is 11.9 Å². The van der Waals surface area contributed by atoms with E-state index in [0.29, 0.717) is 11.8 Å². The second-order valence-corrected chi connectivity index (χ2v) is 4.30. The molecular formula is C9H13NS. The first kappa shape index (κ1) is 7.44. The van der Waals surface area contributed by atoms with Crippen molar-refractivity contribution in [3.8, 4) is 0 Å². The molecule has 60 valence electrons. The zero-order chi connectivity index (χ0) is 7.84. The molecular weight excluding hydrogens is 154 g/mol. The minimum atomic E-state index is 0.709. The van der Waals surface area contributed by atoms with Gasteiger partial charge in [-0.25, -0.2) is 0 Å². The molecule has 0 aromatic rings. The van der Waals surface area contributed by atoms with Gasteiger partial charge in [-0.3, -0.25) is 4.72 Å². The van der Waals surface area contributed by atoms with E-state index in [4.69, 9.17) is 0 Å². The van der Waals surface area contributed by atoms with E-state index >= 15 is 0 Å². The molecule has 2 atom stereocenters. The summed E-state index contributed by atoms with van der Waals surface area (Å²) >= 11 is 1.77. The number of fused-ring (bicyclic) bond motifs is 1. The van der Waals surface area contributed by atoms with Gasteiger partial charge in [-0.15, -0.1) is 0 Å². The summed E-state index contributed by atoms with van der Waals surface area (Å²) in [5.41, 5.74) is 1.50. The number of nitrogens with one attached hydrogen (secondary N) is 1. The summed E-state index contributed by atoms with van der Waals surface area (Å²) in [5.74, 6) is 1.43. The molecule has 0 aromatic heterocycles. The third-order valence-corrected chi connectivity index (χ3v) is 3.38. The molecule has 11 heavy (non-hydrogen) atoms. The Morgan fingerprint density at radius 2 is 2.09 bits per heavy atom. The Kier molecular flexibility index (Phi) is 1.81. The fraction of sp³-hybridized carbons (Fsp3) is 0.556. The Bertz CT molecular complexity index is 206. The number of hydrogen-bond donors (Lipinski definition) is 1. The lowest BCUT2D eigenvalue weighted by Gasteiger charge is -2.19. The van der Waals surface area contributed by atoms with E-state index in [9.17, 15) is 0 Å². The molecule has 1 saturated heterocycles. The van der Waals surface area contributed by atoms with Gasteiger partial charge in [0.2, 0.25) is 0 Å². The maximum atomic E-state index is 3.29. The first-order chi connectivity index (χ1) is 5.27. The first-order valence-corrected chi connectivity index (χ1v) is 4.91. The first-order valence-electron chi connectivity index (χ1n) is 4.10. The monoisotopic (exact) mass is 167 g/mol. The van der Waals surface area contributed by atoms with Gasteiger partial charge in [0.05, 0.1) is 0 Å². The fourth-order valence-corrected chi connectivity index (χ4v) is 2.42. The Hall–Kier alpha value is -0.210. The van der Waals surface area contributed by atoms with Crippen molar-refractivity contribution in [1.29, 1.82) is 0 Å². The van der Waals surface area contributed by atoms with E-state index in [1.807, 2.05) is 0 Å². The lowest BCUT2D eigenvalue weighted by molar-refractivity contribution is 0.547. The second-order valence-electron chi connectivity index (χ2n) is 3.36. The molecule has 1 aliphatic carbocycles. The molecule has 0 saturated carbocycles. The van der Waals surface area contributed by atoms with Gasteiger partial charge in [0.25, 0.3) is 0 Å². The second kappa shape index (κ2) is 2.68. The highest BCUT2D eigenvalue weighted by molar-refractivity contribution is 8.01. The molecule has 1 heterocycles. The fourth-order valence-electron chi connectivity index (χ4n) is 1.49. The van der Waals surface area contributed by atoms with Crippen LogP contribution in [0.3, 0.4) is 0 Å². The minimum absolute atomic E-state index is 0.709. The maximum Gasteiger partial charge on any atom is 0.0321 e. The van der Waals surface area contributed by atoms with E-state index in [-0.39, 0.29) is 0 Å². The number of allylic oxidation sites excluding steroid dienone is 2. The summed E-state index contributed by atoms with van der Waals surface area (Å²) in [7, 11) is 0. The van der Waals surface area contributed by atoms with Crippen LogP contribution in [0.5, 0.6) is 0 Å². The van der Waals surface area contributed by atoms with Crippen molar-refractivity contribution in [3.63, 3.8) is 0 Å². The van der Waals surface area contributed by atoms with Gasteiger partial charge in [0, 0.05) is 11.4 Å². The highest BCUT2D eigenvalue weighted by atomic mass is 32.2. The van der Waals surface area contributed by atoms with Gasteiger partial charge in [-0.05, 0) is 29.4 Å². The highest BCUT2D eigenvalue weighted by Crippen LogP contribution is 2.36. The van der Waals surface area contributed by atoms with Gasteiger partial charge < -0.3 is 0 Å². The van der Waals surface area contributed by atoms with Crippen LogP contribution in [0.4, 0.5) is 0 Å². The van der Waals surface area contributed by atoms with Crippen LogP contribution in [-0.2, 0) is 0 Å². The zero-order valence-electron chi connectivity index (χ0n) is 6.92. The van der Waals surface area contributed by atoms with Crippen molar-refractivity contribution in [2.45, 2.75) is 13.8 Å². The predicted molar refractivity (Wildman–Crippen MR) is 50.1 cm³/mol. The van der Waals surface area contributed by atoms with Gasteiger partial charge in [0.15, 0.2) is 0 Å². The maximum absolute atomic E-state index is 3.29. The molecule has 2 aliphatic rings. The summed E-state index contributed by atoms with van der Waals surface area (Å²) in [4.78, 5) is 1.45. The normalized spacial score (nSPS) is 36.2. The van der Waals surface area contributed by atoms with Crippen LogP contribution < -0.4 is 4.72 Å². The molecule has 2 unspecified atom stereocenters. The van der Waals surface area contributed by atoms with Crippen LogP contribution in [0, 0.1) is 11.8 Å². The van der Waals surface area contributed by atoms with E-state index in [1.54, 1.807) is 11.9 Å². The van der Waals surface area contributed by atoms with E-state index in [0.717, 1.165) is 6.54 Å². The van der Waals surface area contributed by atoms with Crippen LogP contribution in [0.15, 0.2) is 22.6 Å². The van der Waals surface area contributed by atoms with Crippen molar-refractivity contribution in [2.24, 2.45) is 11.8 Å². The van der Waals surface area contributed by atoms with Gasteiger partial charge in [-0.1, -0.05) is 26.0 Å². The smallest absolute Gasteiger partial charge is 0.0321 e. The van der Waals surface area contributed by atoms with Crippen molar-refractivity contribution in [1.82, 2.24) is 4.72 Å². The average molecular weight is 167 g/mol. The zero-order valence-corrected chi connectivity index (χ0v) is 7.74. The molecule has 0 aromatic carbocycles. The predicted octanol–water partition coefficient (Wildman–Crippen LogP) is 2.33. The van der Waals surface area contributed by atoms with Crippen molar-refractivity contribution in [3.05, 3.63) is 22.6 Å². The Morgan fingerprint density at radius 1 is 1.36 bits per heavy atom. The summed E-state index contributed by atoms with van der Waals surface area (Å²) < 4.78 is 3.29. The molecule has 2 rings (SSSR count). The SMILES string of the molecule is CC1C=C2CNSC2=CC1C. The van der Waals surface area contributed by atoms with E-state index < -0.39 is 0 Å². The average Bonchev–Trinajstić information content (AvgIpc) is 2.36. The third-order valence-electron chi connectivity index (χ3n) is 2.47. The lowest BCUT2D eigenvalue weighted by Crippen LogP contribution is -2.09. The largest absolute Gasteiger partial charge is 0.255 e. The molecule has 2 heteroatoms. The summed E-state index contributed by atoms with van der Waals surface area (Å²) in [6.45, 7) is 5.62. The van der Waals surface area contributed by atoms with Gasteiger partial charge in [-0.2, -0.15) is 0 Å². The van der Waals surface area contributed by atoms with Crippen LogP contribution in [0.1, 0.15) is 13.8 Å². The molecule has 1 N–H and O–H groups in total. The Balaban J connectivity index is 2.29. The molecule has 0 radical (unpaired) electrons. The third kappa shape index (κ3) is 1.25. The summed E-state index contributed by atoms with van der Waals surface area (Å²) in [6, 6.07) is 0. The number of rotatable bonds is 0. The number of hydrogen-bond acceptors (Lipinski definition) is 2. The van der Waals surface area contributed by atoms with Gasteiger partial charge >= 0.3 is 0 Å². The molecule has 1 fully saturated rings. The van der Waals surface area contributed by atoms with Crippen LogP contribution in [0.25, 0.3) is 0 Å². The molecule has 1 nitrogen and oxygen atoms in total. The van der Waals surface area contributed by atoms with Crippen LogP contribution in [-0.4, -0.2) is 6.54 Å². The molecule has 0 amide bonds. The van der Waals surface area contributed by atoms with Crippen LogP contribution in [0.2, 0.25) is 0 Å². The topological polar surface area (TPSA) is 12.0 Å². The molecule has 0 bridgehead atoms. The van der Waals surface area contributed by atoms with Crippen molar-refractivity contribution in [2.75, 3.05) is 6.54 Å². The minimum Gasteiger partial charge on any atom is -0.255 e. The lowest BCUT2D eigenvalue weighted by atomic mass is 9.88. The van der Waals surface area contributed by atoms with E-state index in [1.165, 1.54) is 10.5 Å². The summed E-state index contributed by atoms with van der Waals surface area (Å²) in [5, 5.41) is 0. The Labute approximate surface area is 72.1 Å². The van der Waals surface area contributed by atoms with E-state index in [2.05, 4.69) is 30.7 Å². The highest BCUT2D eigenvalue weighted by Gasteiger charge is 2.22. The van der Waals surface area contributed by atoms with Crippen molar-refractivity contribution < 1.29 is 0 Å². The molecule has 0 spiro atoms. The Morgan fingerprint density at radius 3 is 2.91 bits per heavy atom. The van der Waals surface area contributed by atoms with Crippen molar-refractivity contribution >= 4 is 11.9 Å². The standard InChI is InChI=1S/C9H13NS/c1-6-3-8-5-10-11-9(8)4-7(6)2/h3-4,6-7,10H,5H2,1-2H3.